The predicted octanol–water partition coefficient (Wildman–Crippen LogP) is 1.11. The first-order valence-corrected chi connectivity index (χ1v) is 6.07. The second-order valence-corrected chi connectivity index (χ2v) is 4.39. The predicted molar refractivity (Wildman–Crippen MR) is 69.9 cm³/mol. The molecule has 0 unspecified atom stereocenters. The topological polar surface area (TPSA) is 44.4 Å². The first-order valence-electron chi connectivity index (χ1n) is 5.69. The number of anilines is 1. The average Bonchev–Trinajstić information content (AvgIpc) is 2.39. The van der Waals surface area contributed by atoms with Gasteiger partial charge in [0.15, 0.2) is 0 Å². The second-order valence-electron chi connectivity index (χ2n) is 3.98. The zero-order chi connectivity index (χ0) is 12.3. The van der Waals surface area contributed by atoms with Gasteiger partial charge in [-0.15, -0.1) is 0 Å². The Morgan fingerprint density at radius 2 is 2.12 bits per heavy atom. The van der Waals surface area contributed by atoms with Gasteiger partial charge in [0.25, 0.3) is 5.91 Å². The normalized spacial score (nSPS) is 15.8. The number of hydrogen-bond acceptors (Lipinski definition) is 3. The lowest BCUT2D eigenvalue weighted by atomic mass is 10.1. The zero-order valence-corrected chi connectivity index (χ0v) is 10.5. The van der Waals surface area contributed by atoms with Crippen molar-refractivity contribution >= 4 is 23.2 Å². The lowest BCUT2D eigenvalue weighted by Gasteiger charge is -2.30. The molecule has 1 aliphatic heterocycles. The number of carbonyl (C=O) groups is 1. The molecule has 2 rings (SSSR count). The van der Waals surface area contributed by atoms with Crippen LogP contribution in [-0.2, 0) is 0 Å². The molecule has 2 N–H and O–H groups in total. The van der Waals surface area contributed by atoms with E-state index in [0.29, 0.717) is 10.6 Å². The minimum absolute atomic E-state index is 0.0851. The Kier molecular flexibility index (Phi) is 3.86. The Balaban J connectivity index is 2.28. The minimum atomic E-state index is -0.0851. The van der Waals surface area contributed by atoms with Gasteiger partial charge in [0.1, 0.15) is 0 Å². The number of halogens is 1. The van der Waals surface area contributed by atoms with Crippen LogP contribution in [0, 0.1) is 0 Å². The van der Waals surface area contributed by atoms with E-state index in [0.717, 1.165) is 31.9 Å². The molecule has 1 aromatic carbocycles. The number of nitrogens with one attached hydrogen (secondary N) is 2. The van der Waals surface area contributed by atoms with Gasteiger partial charge < -0.3 is 15.5 Å². The van der Waals surface area contributed by atoms with Crippen molar-refractivity contribution < 1.29 is 4.79 Å². The van der Waals surface area contributed by atoms with Gasteiger partial charge >= 0.3 is 0 Å². The van der Waals surface area contributed by atoms with Crippen molar-refractivity contribution in [3.63, 3.8) is 0 Å². The lowest BCUT2D eigenvalue weighted by Crippen LogP contribution is -2.43. The number of carbonyl (C=O) groups excluding carboxylic acids is 1. The summed E-state index contributed by atoms with van der Waals surface area (Å²) in [6.45, 7) is 3.72. The van der Waals surface area contributed by atoms with Crippen LogP contribution in [0.3, 0.4) is 0 Å². The van der Waals surface area contributed by atoms with Crippen molar-refractivity contribution in [2.24, 2.45) is 0 Å². The number of rotatable bonds is 2. The van der Waals surface area contributed by atoms with Crippen molar-refractivity contribution in [1.29, 1.82) is 0 Å². The van der Waals surface area contributed by atoms with Gasteiger partial charge in [0.2, 0.25) is 0 Å². The summed E-state index contributed by atoms with van der Waals surface area (Å²) >= 11 is 6.18. The van der Waals surface area contributed by atoms with E-state index in [9.17, 15) is 4.79 Å². The highest BCUT2D eigenvalue weighted by Gasteiger charge is 2.15. The first kappa shape index (κ1) is 12.2. The molecule has 0 aliphatic carbocycles. The molecule has 0 bridgehead atoms. The van der Waals surface area contributed by atoms with E-state index < -0.39 is 0 Å². The van der Waals surface area contributed by atoms with Crippen LogP contribution >= 0.6 is 11.6 Å². The number of nitrogens with zero attached hydrogens (tertiary/aromatic N) is 1. The third kappa shape index (κ3) is 2.70. The zero-order valence-electron chi connectivity index (χ0n) is 9.79. The molecule has 1 aliphatic rings. The summed E-state index contributed by atoms with van der Waals surface area (Å²) in [7, 11) is 1.63. The molecular weight excluding hydrogens is 238 g/mol. The van der Waals surface area contributed by atoms with E-state index in [1.807, 2.05) is 6.07 Å². The Bertz CT molecular complexity index is 416. The summed E-state index contributed by atoms with van der Waals surface area (Å²) in [5.41, 5.74) is 1.58. The fourth-order valence-electron chi connectivity index (χ4n) is 1.95. The molecule has 1 heterocycles. The van der Waals surface area contributed by atoms with Crippen LogP contribution in [0.5, 0.6) is 0 Å². The molecule has 1 aromatic rings. The highest BCUT2D eigenvalue weighted by Crippen LogP contribution is 2.27. The van der Waals surface area contributed by atoms with Crippen LogP contribution in [0.25, 0.3) is 0 Å². The Labute approximate surface area is 106 Å². The highest BCUT2D eigenvalue weighted by atomic mass is 35.5. The monoisotopic (exact) mass is 253 g/mol. The molecule has 1 amide bonds. The Morgan fingerprint density at radius 3 is 2.76 bits per heavy atom. The van der Waals surface area contributed by atoms with E-state index >= 15 is 0 Å². The fraction of sp³-hybridized carbons (Fsp3) is 0.417. The van der Waals surface area contributed by atoms with Crippen LogP contribution in [0.4, 0.5) is 5.69 Å². The molecule has 0 saturated carbocycles. The number of hydrogen-bond donors (Lipinski definition) is 2. The van der Waals surface area contributed by atoms with Gasteiger partial charge in [-0.1, -0.05) is 11.6 Å². The molecule has 1 saturated heterocycles. The van der Waals surface area contributed by atoms with E-state index in [-0.39, 0.29) is 5.91 Å². The molecule has 0 aromatic heterocycles. The molecule has 1 fully saturated rings. The largest absolute Gasteiger partial charge is 0.368 e. The molecule has 5 heteroatoms. The standard InChI is InChI=1S/C12H16ClN3O/c1-14-12(17)9-2-3-10(13)11(8-9)16-6-4-15-5-7-16/h2-3,8,15H,4-7H2,1H3,(H,14,17). The molecule has 92 valence electrons. The van der Waals surface area contributed by atoms with Gasteiger partial charge in [0, 0.05) is 38.8 Å². The van der Waals surface area contributed by atoms with Crippen molar-refractivity contribution in [3.8, 4) is 0 Å². The summed E-state index contributed by atoms with van der Waals surface area (Å²) in [5, 5.41) is 6.60. The number of amides is 1. The third-order valence-corrected chi connectivity index (χ3v) is 3.21. The van der Waals surface area contributed by atoms with Crippen LogP contribution in [0.15, 0.2) is 18.2 Å². The van der Waals surface area contributed by atoms with Crippen molar-refractivity contribution in [3.05, 3.63) is 28.8 Å². The van der Waals surface area contributed by atoms with Crippen LogP contribution in [0.2, 0.25) is 5.02 Å². The highest BCUT2D eigenvalue weighted by molar-refractivity contribution is 6.33. The van der Waals surface area contributed by atoms with E-state index in [1.165, 1.54) is 0 Å². The fourth-order valence-corrected chi connectivity index (χ4v) is 2.18. The van der Waals surface area contributed by atoms with Crippen molar-refractivity contribution in [1.82, 2.24) is 10.6 Å². The van der Waals surface area contributed by atoms with Crippen LogP contribution in [0.1, 0.15) is 10.4 Å². The second kappa shape index (κ2) is 5.38. The minimum Gasteiger partial charge on any atom is -0.368 e. The molecule has 0 spiro atoms. The molecule has 17 heavy (non-hydrogen) atoms. The quantitative estimate of drug-likeness (QED) is 0.830. The van der Waals surface area contributed by atoms with Gasteiger partial charge in [-0.2, -0.15) is 0 Å². The van der Waals surface area contributed by atoms with Gasteiger partial charge in [-0.25, -0.2) is 0 Å². The maximum atomic E-state index is 11.6. The molecule has 0 atom stereocenters. The molecule has 4 nitrogen and oxygen atoms in total. The van der Waals surface area contributed by atoms with Crippen LogP contribution in [-0.4, -0.2) is 39.1 Å². The lowest BCUT2D eigenvalue weighted by molar-refractivity contribution is 0.0963. The summed E-state index contributed by atoms with van der Waals surface area (Å²) in [6, 6.07) is 5.38. The van der Waals surface area contributed by atoms with Crippen molar-refractivity contribution in [2.45, 2.75) is 0 Å². The van der Waals surface area contributed by atoms with Crippen LogP contribution < -0.4 is 15.5 Å². The van der Waals surface area contributed by atoms with Gasteiger partial charge in [0.05, 0.1) is 10.7 Å². The van der Waals surface area contributed by atoms with E-state index in [2.05, 4.69) is 15.5 Å². The summed E-state index contributed by atoms with van der Waals surface area (Å²) in [6.07, 6.45) is 0. The van der Waals surface area contributed by atoms with E-state index in [4.69, 9.17) is 11.6 Å². The number of piperazine rings is 1. The maximum Gasteiger partial charge on any atom is 0.251 e. The summed E-state index contributed by atoms with van der Waals surface area (Å²) in [5.74, 6) is -0.0851. The van der Waals surface area contributed by atoms with Gasteiger partial charge in [-0.3, -0.25) is 4.79 Å². The Morgan fingerprint density at radius 1 is 1.41 bits per heavy atom. The van der Waals surface area contributed by atoms with E-state index in [1.54, 1.807) is 19.2 Å². The Hall–Kier alpha value is -1.26. The summed E-state index contributed by atoms with van der Waals surface area (Å²) < 4.78 is 0. The SMILES string of the molecule is CNC(=O)c1ccc(Cl)c(N2CCNCC2)c1. The average molecular weight is 254 g/mol. The molecular formula is C12H16ClN3O. The summed E-state index contributed by atoms with van der Waals surface area (Å²) in [4.78, 5) is 13.8. The third-order valence-electron chi connectivity index (χ3n) is 2.89. The van der Waals surface area contributed by atoms with Crippen molar-refractivity contribution in [2.75, 3.05) is 38.1 Å². The molecule has 0 radical (unpaired) electrons. The first-order chi connectivity index (χ1) is 8.22. The maximum absolute atomic E-state index is 11.6. The van der Waals surface area contributed by atoms with Gasteiger partial charge in [-0.05, 0) is 18.2 Å². The smallest absolute Gasteiger partial charge is 0.251 e. The number of benzene rings is 1.